The first-order valence-electron chi connectivity index (χ1n) is 9.30. The first-order chi connectivity index (χ1) is 13.6. The summed E-state index contributed by atoms with van der Waals surface area (Å²) >= 11 is 1.52. The van der Waals surface area contributed by atoms with Crippen LogP contribution in [0, 0.1) is 24.2 Å². The number of benzene rings is 1. The molecule has 2 aromatic heterocycles. The highest BCUT2D eigenvalue weighted by Crippen LogP contribution is 2.42. The molecule has 1 aliphatic carbocycles. The second-order valence-corrected chi connectivity index (χ2v) is 8.28. The van der Waals surface area contributed by atoms with E-state index in [-0.39, 0.29) is 5.92 Å². The van der Waals surface area contributed by atoms with Gasteiger partial charge in [0.1, 0.15) is 10.6 Å². The minimum atomic E-state index is -0.918. The maximum atomic E-state index is 11.0. The Balaban J connectivity index is 1.58. The topological polar surface area (TPSA) is 94.7 Å². The van der Waals surface area contributed by atoms with Gasteiger partial charge in [-0.05, 0) is 61.9 Å². The van der Waals surface area contributed by atoms with E-state index in [1.165, 1.54) is 11.3 Å². The van der Waals surface area contributed by atoms with Gasteiger partial charge in [0, 0.05) is 30.2 Å². The van der Waals surface area contributed by atoms with Crippen LogP contribution in [0.3, 0.4) is 0 Å². The number of hydrogen-bond acceptors (Lipinski definition) is 7. The molecule has 0 unspecified atom stereocenters. The molecular weight excluding hydrogens is 370 g/mol. The van der Waals surface area contributed by atoms with E-state index in [4.69, 9.17) is 5.26 Å². The number of rotatable bonds is 4. The highest BCUT2D eigenvalue weighted by molar-refractivity contribution is 7.15. The molecule has 0 bridgehead atoms. The molecule has 6 nitrogen and oxygen atoms in total. The fraction of sp³-hybridized carbons (Fsp3) is 0.333. The van der Waals surface area contributed by atoms with E-state index >= 15 is 0 Å². The highest BCUT2D eigenvalue weighted by Gasteiger charge is 2.37. The van der Waals surface area contributed by atoms with E-state index in [1.54, 1.807) is 18.5 Å². The Morgan fingerprint density at radius 1 is 1.18 bits per heavy atom. The number of aliphatic hydroxyl groups is 1. The Hall–Kier alpha value is -2.82. The first kappa shape index (κ1) is 18.5. The first-order valence-corrected chi connectivity index (χ1v) is 10.1. The van der Waals surface area contributed by atoms with Crippen LogP contribution < -0.4 is 5.32 Å². The van der Waals surface area contributed by atoms with Crippen LogP contribution in [-0.4, -0.2) is 20.1 Å². The van der Waals surface area contributed by atoms with Crippen LogP contribution in [0.2, 0.25) is 0 Å². The van der Waals surface area contributed by atoms with Crippen molar-refractivity contribution in [1.82, 2.24) is 15.0 Å². The lowest BCUT2D eigenvalue weighted by Gasteiger charge is -2.32. The summed E-state index contributed by atoms with van der Waals surface area (Å²) in [5.41, 5.74) is 2.14. The minimum absolute atomic E-state index is 0.0466. The molecule has 1 aliphatic rings. The van der Waals surface area contributed by atoms with Crippen molar-refractivity contribution in [2.24, 2.45) is 5.92 Å². The van der Waals surface area contributed by atoms with Crippen molar-refractivity contribution in [2.75, 3.05) is 5.32 Å². The van der Waals surface area contributed by atoms with Crippen LogP contribution >= 0.6 is 11.3 Å². The highest BCUT2D eigenvalue weighted by atomic mass is 32.1. The fourth-order valence-electron chi connectivity index (χ4n) is 3.55. The normalized spacial score (nSPS) is 21.8. The largest absolute Gasteiger partial charge is 0.383 e. The van der Waals surface area contributed by atoms with E-state index in [9.17, 15) is 5.11 Å². The van der Waals surface area contributed by atoms with Gasteiger partial charge in [-0.1, -0.05) is 6.07 Å². The molecule has 0 radical (unpaired) electrons. The molecule has 142 valence electrons. The zero-order valence-electron chi connectivity index (χ0n) is 15.6. The third-order valence-corrected chi connectivity index (χ3v) is 6.32. The van der Waals surface area contributed by atoms with E-state index in [0.717, 1.165) is 39.5 Å². The molecule has 0 spiro atoms. The van der Waals surface area contributed by atoms with Crippen molar-refractivity contribution in [2.45, 2.75) is 38.2 Å². The van der Waals surface area contributed by atoms with Crippen molar-refractivity contribution in [1.29, 1.82) is 5.26 Å². The van der Waals surface area contributed by atoms with Crippen molar-refractivity contribution in [3.63, 3.8) is 0 Å². The van der Waals surface area contributed by atoms with Crippen molar-refractivity contribution in [3.05, 3.63) is 53.4 Å². The van der Waals surface area contributed by atoms with Gasteiger partial charge < -0.3 is 10.4 Å². The summed E-state index contributed by atoms with van der Waals surface area (Å²) in [5, 5.41) is 24.1. The predicted octanol–water partition coefficient (Wildman–Crippen LogP) is 4.55. The van der Waals surface area contributed by atoms with Gasteiger partial charge in [-0.25, -0.2) is 15.0 Å². The Kier molecular flexibility index (Phi) is 5.07. The molecule has 0 amide bonds. The average molecular weight is 392 g/mol. The van der Waals surface area contributed by atoms with Gasteiger partial charge in [0.25, 0.3) is 0 Å². The maximum Gasteiger partial charge on any atom is 0.227 e. The minimum Gasteiger partial charge on any atom is -0.383 e. The van der Waals surface area contributed by atoms with E-state index in [0.29, 0.717) is 18.8 Å². The zero-order valence-corrected chi connectivity index (χ0v) is 16.4. The van der Waals surface area contributed by atoms with E-state index in [2.05, 4.69) is 32.4 Å². The third kappa shape index (κ3) is 3.88. The number of aromatic nitrogens is 3. The summed E-state index contributed by atoms with van der Waals surface area (Å²) < 4.78 is 0. The lowest BCUT2D eigenvalue weighted by atomic mass is 9.80. The number of nitriles is 1. The molecule has 2 heterocycles. The third-order valence-electron chi connectivity index (χ3n) is 5.08. The van der Waals surface area contributed by atoms with Crippen LogP contribution in [0.25, 0.3) is 10.4 Å². The summed E-state index contributed by atoms with van der Waals surface area (Å²) in [7, 11) is 0. The van der Waals surface area contributed by atoms with Crippen LogP contribution in [0.4, 0.5) is 11.6 Å². The quantitative estimate of drug-likeness (QED) is 0.677. The van der Waals surface area contributed by atoms with E-state index < -0.39 is 5.60 Å². The number of nitrogens with one attached hydrogen (secondary N) is 1. The summed E-state index contributed by atoms with van der Waals surface area (Å²) in [6.07, 6.45) is 7.84. The molecular formula is C21H21N5OS. The Bertz CT molecular complexity index is 1000. The number of aryl methyl sites for hydroxylation is 1. The molecule has 1 saturated carbocycles. The Morgan fingerprint density at radius 3 is 2.64 bits per heavy atom. The predicted molar refractivity (Wildman–Crippen MR) is 109 cm³/mol. The molecule has 7 heteroatoms. The second kappa shape index (κ2) is 7.66. The fourth-order valence-corrected chi connectivity index (χ4v) is 4.60. The molecule has 2 N–H and O–H groups in total. The van der Waals surface area contributed by atoms with Gasteiger partial charge in [-0.2, -0.15) is 5.26 Å². The van der Waals surface area contributed by atoms with Crippen molar-refractivity contribution < 1.29 is 5.11 Å². The molecule has 4 rings (SSSR count). The number of hydrogen-bond donors (Lipinski definition) is 2. The summed E-state index contributed by atoms with van der Waals surface area (Å²) in [5.74, 6) is 0.595. The Labute approximate surface area is 167 Å². The maximum absolute atomic E-state index is 11.0. The molecule has 0 aliphatic heterocycles. The number of anilines is 2. The molecule has 28 heavy (non-hydrogen) atoms. The smallest absolute Gasteiger partial charge is 0.227 e. The molecule has 1 fully saturated rings. The van der Waals surface area contributed by atoms with E-state index in [1.807, 2.05) is 25.3 Å². The van der Waals surface area contributed by atoms with Gasteiger partial charge in [0.15, 0.2) is 0 Å². The lowest BCUT2D eigenvalue weighted by molar-refractivity contribution is -0.00826. The summed E-state index contributed by atoms with van der Waals surface area (Å²) in [4.78, 5) is 13.9. The monoisotopic (exact) mass is 391 g/mol. The van der Waals surface area contributed by atoms with Gasteiger partial charge in [0.05, 0.1) is 10.9 Å². The number of thiazole rings is 1. The van der Waals surface area contributed by atoms with Crippen LogP contribution in [0.5, 0.6) is 0 Å². The number of nitrogens with zero attached hydrogens (tertiary/aromatic N) is 4. The molecule has 1 aromatic carbocycles. The van der Waals surface area contributed by atoms with Crippen LogP contribution in [0.1, 0.15) is 36.3 Å². The van der Waals surface area contributed by atoms with Crippen molar-refractivity contribution >= 4 is 23.0 Å². The SMILES string of the molecule is Cc1cc(Nc2ncccn2)cc(-c2cnc(C3(O)CCC(C#N)CC3)s2)c1. The van der Waals surface area contributed by atoms with Gasteiger partial charge >= 0.3 is 0 Å². The van der Waals surface area contributed by atoms with Crippen molar-refractivity contribution in [3.8, 4) is 16.5 Å². The molecule has 0 atom stereocenters. The van der Waals surface area contributed by atoms with Gasteiger partial charge in [0.2, 0.25) is 5.95 Å². The zero-order chi connectivity index (χ0) is 19.6. The Morgan fingerprint density at radius 2 is 1.93 bits per heavy atom. The summed E-state index contributed by atoms with van der Waals surface area (Å²) in [6.45, 7) is 2.04. The molecule has 3 aromatic rings. The lowest BCUT2D eigenvalue weighted by Crippen LogP contribution is -2.30. The second-order valence-electron chi connectivity index (χ2n) is 7.25. The van der Waals surface area contributed by atoms with Crippen LogP contribution in [0.15, 0.2) is 42.9 Å². The average Bonchev–Trinajstić information content (AvgIpc) is 3.20. The summed E-state index contributed by atoms with van der Waals surface area (Å²) in [6, 6.07) is 10.3. The van der Waals surface area contributed by atoms with Gasteiger partial charge in [-0.3, -0.25) is 0 Å². The molecule has 0 saturated heterocycles. The van der Waals surface area contributed by atoms with Crippen LogP contribution in [-0.2, 0) is 5.60 Å². The standard InChI is InChI=1S/C21H21N5OS/c1-14-9-16(11-17(10-14)26-20-23-7-2-8-24-20)18-13-25-19(28-18)21(27)5-3-15(12-22)4-6-21/h2,7-11,13,15,27H,3-6H2,1H3,(H,23,24,26). The van der Waals surface area contributed by atoms with Gasteiger partial charge in [-0.15, -0.1) is 11.3 Å².